The number of aromatic amines is 1. The molecule has 3 aromatic rings. The average Bonchev–Trinajstić information content (AvgIpc) is 3.33. The number of rotatable bonds is 8. The summed E-state index contributed by atoms with van der Waals surface area (Å²) in [6.07, 6.45) is 1.69. The summed E-state index contributed by atoms with van der Waals surface area (Å²) < 4.78 is 14.9. The standard InChI is InChI=1S/C27H28BrFN4O2/c1-4-33(5-2)13-12-30-27(35)24-16(3)31-23(25(24)17-6-8-18(28)9-7-17)15-21-20-14-19(29)10-11-22(20)32-26(21)34/h6-11,14-15,31H,4-5,12-13H2,1-3H3,(H,30,35)(H,32,34)/b21-15-. The molecule has 0 saturated carbocycles. The van der Waals surface area contributed by atoms with Crippen molar-refractivity contribution < 1.29 is 14.0 Å². The number of carbonyl (C=O) groups excluding carboxylic acids is 2. The molecule has 0 aliphatic carbocycles. The van der Waals surface area contributed by atoms with Crippen LogP contribution in [0.5, 0.6) is 0 Å². The van der Waals surface area contributed by atoms with Gasteiger partial charge in [-0.25, -0.2) is 4.39 Å². The van der Waals surface area contributed by atoms with E-state index in [-0.39, 0.29) is 11.8 Å². The minimum Gasteiger partial charge on any atom is -0.358 e. The molecule has 1 aromatic heterocycles. The third kappa shape index (κ3) is 5.23. The topological polar surface area (TPSA) is 77.2 Å². The van der Waals surface area contributed by atoms with Crippen LogP contribution in [0.2, 0.25) is 0 Å². The monoisotopic (exact) mass is 538 g/mol. The minimum atomic E-state index is -0.421. The van der Waals surface area contributed by atoms with Gasteiger partial charge in [0.2, 0.25) is 0 Å². The first kappa shape index (κ1) is 24.9. The van der Waals surface area contributed by atoms with Crippen molar-refractivity contribution in [2.45, 2.75) is 20.8 Å². The second-order valence-corrected chi connectivity index (χ2v) is 9.32. The molecule has 4 rings (SSSR count). The third-order valence-corrected chi connectivity index (χ3v) is 6.77. The van der Waals surface area contributed by atoms with Crippen LogP contribution >= 0.6 is 15.9 Å². The highest BCUT2D eigenvalue weighted by Crippen LogP contribution is 2.37. The van der Waals surface area contributed by atoms with E-state index in [1.807, 2.05) is 31.2 Å². The minimum absolute atomic E-state index is 0.184. The zero-order valence-electron chi connectivity index (χ0n) is 20.0. The lowest BCUT2D eigenvalue weighted by atomic mass is 9.97. The highest BCUT2D eigenvalue weighted by molar-refractivity contribution is 9.10. The van der Waals surface area contributed by atoms with E-state index in [9.17, 15) is 14.0 Å². The predicted octanol–water partition coefficient (Wildman–Crippen LogP) is 5.46. The Bertz CT molecular complexity index is 1290. The second kappa shape index (κ2) is 10.6. The van der Waals surface area contributed by atoms with E-state index >= 15 is 0 Å². The fourth-order valence-corrected chi connectivity index (χ4v) is 4.63. The Kier molecular flexibility index (Phi) is 7.52. The van der Waals surface area contributed by atoms with Crippen molar-refractivity contribution in [3.8, 4) is 11.1 Å². The Balaban J connectivity index is 1.77. The van der Waals surface area contributed by atoms with Gasteiger partial charge in [-0.3, -0.25) is 9.59 Å². The van der Waals surface area contributed by atoms with E-state index in [0.29, 0.717) is 45.9 Å². The van der Waals surface area contributed by atoms with Crippen LogP contribution in [0.1, 0.15) is 41.2 Å². The molecular formula is C27H28BrFN4O2. The van der Waals surface area contributed by atoms with Gasteiger partial charge in [-0.2, -0.15) is 0 Å². The maximum atomic E-state index is 13.9. The van der Waals surface area contributed by atoms with Gasteiger partial charge in [0.1, 0.15) is 5.82 Å². The van der Waals surface area contributed by atoms with Crippen LogP contribution in [0.25, 0.3) is 22.8 Å². The third-order valence-electron chi connectivity index (χ3n) is 6.24. The number of hydrogen-bond donors (Lipinski definition) is 3. The molecule has 0 radical (unpaired) electrons. The number of aromatic nitrogens is 1. The zero-order chi connectivity index (χ0) is 25.1. The zero-order valence-corrected chi connectivity index (χ0v) is 21.6. The molecule has 0 atom stereocenters. The molecule has 1 aliphatic rings. The highest BCUT2D eigenvalue weighted by atomic mass is 79.9. The van der Waals surface area contributed by atoms with E-state index in [1.54, 1.807) is 12.1 Å². The van der Waals surface area contributed by atoms with Gasteiger partial charge >= 0.3 is 0 Å². The molecule has 6 nitrogen and oxygen atoms in total. The van der Waals surface area contributed by atoms with E-state index in [1.165, 1.54) is 12.1 Å². The Labute approximate surface area is 212 Å². The molecule has 0 saturated heterocycles. The number of benzene rings is 2. The van der Waals surface area contributed by atoms with Gasteiger partial charge in [0.05, 0.1) is 11.1 Å². The molecule has 1 aliphatic heterocycles. The number of carbonyl (C=O) groups is 2. The predicted molar refractivity (Wildman–Crippen MR) is 142 cm³/mol. The van der Waals surface area contributed by atoms with Gasteiger partial charge in [-0.05, 0) is 62.0 Å². The molecule has 2 heterocycles. The van der Waals surface area contributed by atoms with Crippen LogP contribution in [0.4, 0.5) is 10.1 Å². The fourth-order valence-electron chi connectivity index (χ4n) is 4.36. The van der Waals surface area contributed by atoms with Gasteiger partial charge in [0.25, 0.3) is 11.8 Å². The van der Waals surface area contributed by atoms with Crippen molar-refractivity contribution in [3.05, 3.63) is 75.3 Å². The normalized spacial score (nSPS) is 13.9. The van der Waals surface area contributed by atoms with Gasteiger partial charge in [0, 0.05) is 45.8 Å². The van der Waals surface area contributed by atoms with E-state index < -0.39 is 5.82 Å². The van der Waals surface area contributed by atoms with E-state index in [4.69, 9.17) is 0 Å². The smallest absolute Gasteiger partial charge is 0.256 e. The van der Waals surface area contributed by atoms with Crippen molar-refractivity contribution in [2.24, 2.45) is 0 Å². The van der Waals surface area contributed by atoms with Crippen molar-refractivity contribution in [2.75, 3.05) is 31.5 Å². The molecule has 182 valence electrons. The van der Waals surface area contributed by atoms with Gasteiger partial charge < -0.3 is 20.5 Å². The molecule has 0 spiro atoms. The Morgan fingerprint density at radius 1 is 1.14 bits per heavy atom. The fraction of sp³-hybridized carbons (Fsp3) is 0.259. The first-order valence-corrected chi connectivity index (χ1v) is 12.4. The lowest BCUT2D eigenvalue weighted by Crippen LogP contribution is -2.35. The molecule has 2 amide bonds. The first-order valence-electron chi connectivity index (χ1n) is 11.6. The summed E-state index contributed by atoms with van der Waals surface area (Å²) in [5, 5.41) is 5.82. The molecule has 0 unspecified atom stereocenters. The summed E-state index contributed by atoms with van der Waals surface area (Å²) in [5.41, 5.74) is 4.74. The Hall–Kier alpha value is -3.23. The van der Waals surface area contributed by atoms with Crippen LogP contribution in [0, 0.1) is 12.7 Å². The summed E-state index contributed by atoms with van der Waals surface area (Å²) >= 11 is 3.46. The van der Waals surface area contributed by atoms with Crippen LogP contribution in [0.3, 0.4) is 0 Å². The van der Waals surface area contributed by atoms with Crippen LogP contribution < -0.4 is 10.6 Å². The van der Waals surface area contributed by atoms with E-state index in [0.717, 1.165) is 29.7 Å². The number of anilines is 1. The number of likely N-dealkylation sites (N-methyl/N-ethyl adjacent to an activating group) is 1. The quantitative estimate of drug-likeness (QED) is 0.333. The molecule has 35 heavy (non-hydrogen) atoms. The Morgan fingerprint density at radius 3 is 2.54 bits per heavy atom. The molecule has 3 N–H and O–H groups in total. The average molecular weight is 539 g/mol. The largest absolute Gasteiger partial charge is 0.358 e. The Morgan fingerprint density at radius 2 is 1.86 bits per heavy atom. The summed E-state index contributed by atoms with van der Waals surface area (Å²) in [6, 6.07) is 11.9. The maximum absolute atomic E-state index is 13.9. The van der Waals surface area contributed by atoms with E-state index in [2.05, 4.69) is 50.3 Å². The summed E-state index contributed by atoms with van der Waals surface area (Å²) in [6.45, 7) is 9.15. The number of fused-ring (bicyclic) bond motifs is 1. The summed E-state index contributed by atoms with van der Waals surface area (Å²) in [5.74, 6) is -0.921. The number of aryl methyl sites for hydroxylation is 1. The SMILES string of the molecule is CCN(CC)CCNC(=O)c1c(C)[nH]c(/C=C2\C(=O)Nc3ccc(F)cc32)c1-c1ccc(Br)cc1. The van der Waals surface area contributed by atoms with Crippen molar-refractivity contribution in [1.82, 2.24) is 15.2 Å². The van der Waals surface area contributed by atoms with Crippen LogP contribution in [0.15, 0.2) is 46.9 Å². The van der Waals surface area contributed by atoms with Crippen molar-refractivity contribution in [3.63, 3.8) is 0 Å². The van der Waals surface area contributed by atoms with Gasteiger partial charge in [-0.1, -0.05) is 41.9 Å². The first-order chi connectivity index (χ1) is 16.8. The molecule has 0 bridgehead atoms. The lowest BCUT2D eigenvalue weighted by Gasteiger charge is -2.18. The summed E-state index contributed by atoms with van der Waals surface area (Å²) in [4.78, 5) is 31.6. The number of hydrogen-bond acceptors (Lipinski definition) is 3. The van der Waals surface area contributed by atoms with Crippen molar-refractivity contribution >= 4 is 45.1 Å². The maximum Gasteiger partial charge on any atom is 0.256 e. The second-order valence-electron chi connectivity index (χ2n) is 8.41. The highest BCUT2D eigenvalue weighted by Gasteiger charge is 2.27. The number of H-pyrrole nitrogens is 1. The van der Waals surface area contributed by atoms with Crippen LogP contribution in [-0.2, 0) is 4.79 Å². The van der Waals surface area contributed by atoms with Gasteiger partial charge in [-0.15, -0.1) is 0 Å². The summed E-state index contributed by atoms with van der Waals surface area (Å²) in [7, 11) is 0. The lowest BCUT2D eigenvalue weighted by molar-refractivity contribution is -0.110. The molecule has 0 fully saturated rings. The molecule has 8 heteroatoms. The van der Waals surface area contributed by atoms with Crippen molar-refractivity contribution in [1.29, 1.82) is 0 Å². The molecule has 2 aromatic carbocycles. The van der Waals surface area contributed by atoms with Crippen LogP contribution in [-0.4, -0.2) is 47.9 Å². The molecular weight excluding hydrogens is 511 g/mol. The number of nitrogens with zero attached hydrogens (tertiary/aromatic N) is 1. The number of amides is 2. The number of halogens is 2. The number of nitrogens with one attached hydrogen (secondary N) is 3. The van der Waals surface area contributed by atoms with Gasteiger partial charge in [0.15, 0.2) is 0 Å².